The number of aliphatic hydroxyl groups is 1. The molecule has 0 amide bonds. The molecule has 0 aromatic carbocycles. The highest BCUT2D eigenvalue weighted by molar-refractivity contribution is 7.80. The minimum Gasteiger partial charge on any atom is -0.395 e. The van der Waals surface area contributed by atoms with Crippen LogP contribution in [-0.2, 0) is 0 Å². The van der Waals surface area contributed by atoms with E-state index in [1.807, 2.05) is 0 Å². The molecule has 66 valence electrons. The Hall–Kier alpha value is 0.270. The molecule has 3 heteroatoms. The van der Waals surface area contributed by atoms with Gasteiger partial charge in [0.15, 0.2) is 0 Å². The van der Waals surface area contributed by atoms with Crippen molar-refractivity contribution >= 4 is 12.6 Å². The van der Waals surface area contributed by atoms with Crippen LogP contribution in [0.5, 0.6) is 0 Å². The first-order valence-corrected chi connectivity index (χ1v) is 4.88. The van der Waals surface area contributed by atoms with Crippen molar-refractivity contribution in [1.82, 2.24) is 4.90 Å². The maximum atomic E-state index is 9.07. The predicted octanol–water partition coefficient (Wildman–Crippen LogP) is 0.619. The molecule has 1 rings (SSSR count). The molecule has 2 atom stereocenters. The van der Waals surface area contributed by atoms with Crippen molar-refractivity contribution in [3.8, 4) is 0 Å². The quantitative estimate of drug-likeness (QED) is 0.614. The van der Waals surface area contributed by atoms with E-state index in [1.165, 1.54) is 6.42 Å². The topological polar surface area (TPSA) is 23.5 Å². The summed E-state index contributed by atoms with van der Waals surface area (Å²) in [6.07, 6.45) is 1.22. The first kappa shape index (κ1) is 9.36. The van der Waals surface area contributed by atoms with Crippen molar-refractivity contribution in [3.05, 3.63) is 0 Å². The third-order valence-corrected chi connectivity index (χ3v) is 2.77. The van der Waals surface area contributed by atoms with Crippen molar-refractivity contribution in [3.63, 3.8) is 0 Å². The van der Waals surface area contributed by atoms with Crippen LogP contribution in [0, 0.1) is 5.92 Å². The molecule has 0 aromatic rings. The molecule has 11 heavy (non-hydrogen) atoms. The molecule has 0 aliphatic carbocycles. The Bertz CT molecular complexity index is 119. The number of likely N-dealkylation sites (tertiary alicyclic amines) is 1. The number of hydrogen-bond acceptors (Lipinski definition) is 3. The van der Waals surface area contributed by atoms with Gasteiger partial charge in [-0.25, -0.2) is 0 Å². The Morgan fingerprint density at radius 1 is 1.64 bits per heavy atom. The van der Waals surface area contributed by atoms with Crippen LogP contribution < -0.4 is 0 Å². The molecule has 1 N–H and O–H groups in total. The van der Waals surface area contributed by atoms with Gasteiger partial charge in [0.25, 0.3) is 0 Å². The Kier molecular flexibility index (Phi) is 3.69. The van der Waals surface area contributed by atoms with E-state index < -0.39 is 0 Å². The Labute approximate surface area is 74.0 Å². The van der Waals surface area contributed by atoms with Gasteiger partial charge in [0.2, 0.25) is 0 Å². The molecule has 2 nitrogen and oxygen atoms in total. The lowest BCUT2D eigenvalue weighted by Crippen LogP contribution is -2.36. The van der Waals surface area contributed by atoms with E-state index in [4.69, 9.17) is 5.11 Å². The second-order valence-corrected chi connectivity index (χ2v) is 3.72. The van der Waals surface area contributed by atoms with E-state index in [1.54, 1.807) is 0 Å². The first-order chi connectivity index (χ1) is 5.29. The van der Waals surface area contributed by atoms with Gasteiger partial charge in [-0.05, 0) is 18.9 Å². The minimum atomic E-state index is 0.301. The van der Waals surface area contributed by atoms with Crippen LogP contribution in [-0.4, -0.2) is 41.5 Å². The maximum Gasteiger partial charge on any atom is 0.0589 e. The number of aliphatic hydroxyl groups excluding tert-OH is 1. The van der Waals surface area contributed by atoms with Crippen LogP contribution in [0.2, 0.25) is 0 Å². The zero-order valence-corrected chi connectivity index (χ0v) is 7.93. The Morgan fingerprint density at radius 2 is 2.36 bits per heavy atom. The highest BCUT2D eigenvalue weighted by Gasteiger charge is 2.29. The lowest BCUT2D eigenvalue weighted by atomic mass is 10.0. The molecule has 0 saturated carbocycles. The summed E-state index contributed by atoms with van der Waals surface area (Å²) in [5, 5.41) is 9.07. The first-order valence-electron chi connectivity index (χ1n) is 4.25. The summed E-state index contributed by atoms with van der Waals surface area (Å²) < 4.78 is 0. The maximum absolute atomic E-state index is 9.07. The zero-order valence-electron chi connectivity index (χ0n) is 7.03. The smallest absolute Gasteiger partial charge is 0.0589 e. The highest BCUT2D eigenvalue weighted by Crippen LogP contribution is 2.22. The normalized spacial score (nSPS) is 33.0. The molecule has 1 aliphatic rings. The monoisotopic (exact) mass is 175 g/mol. The fraction of sp³-hybridized carbons (Fsp3) is 1.00. The van der Waals surface area contributed by atoms with Crippen molar-refractivity contribution in [2.24, 2.45) is 5.92 Å². The van der Waals surface area contributed by atoms with Gasteiger partial charge in [0.05, 0.1) is 6.61 Å². The van der Waals surface area contributed by atoms with Crippen molar-refractivity contribution < 1.29 is 5.11 Å². The van der Waals surface area contributed by atoms with Gasteiger partial charge in [0.1, 0.15) is 0 Å². The van der Waals surface area contributed by atoms with Crippen LogP contribution in [0.1, 0.15) is 13.3 Å². The van der Waals surface area contributed by atoms with Gasteiger partial charge in [-0.15, -0.1) is 0 Å². The molecule has 1 aliphatic heterocycles. The lowest BCUT2D eigenvalue weighted by molar-refractivity contribution is 0.145. The molecule has 0 bridgehead atoms. The average Bonchev–Trinajstić information content (AvgIpc) is 2.33. The molecule has 1 fully saturated rings. The van der Waals surface area contributed by atoms with Gasteiger partial charge >= 0.3 is 0 Å². The number of hydrogen-bond donors (Lipinski definition) is 2. The van der Waals surface area contributed by atoms with Crippen LogP contribution in [0.3, 0.4) is 0 Å². The summed E-state index contributed by atoms with van der Waals surface area (Å²) >= 11 is 4.18. The lowest BCUT2D eigenvalue weighted by Gasteiger charge is -2.23. The van der Waals surface area contributed by atoms with Gasteiger partial charge in [-0.2, -0.15) is 12.6 Å². The Balaban J connectivity index is 2.40. The molecular formula is C8H17NOS. The fourth-order valence-corrected chi connectivity index (χ4v) is 2.05. The van der Waals surface area contributed by atoms with E-state index in [2.05, 4.69) is 24.5 Å². The van der Waals surface area contributed by atoms with Crippen molar-refractivity contribution in [1.29, 1.82) is 0 Å². The summed E-state index contributed by atoms with van der Waals surface area (Å²) in [6.45, 7) is 4.65. The van der Waals surface area contributed by atoms with E-state index in [0.717, 1.165) is 18.8 Å². The molecule has 1 saturated heterocycles. The molecule has 0 spiro atoms. The van der Waals surface area contributed by atoms with Crippen LogP contribution in [0.4, 0.5) is 0 Å². The molecule has 1 heterocycles. The average molecular weight is 175 g/mol. The van der Waals surface area contributed by atoms with Gasteiger partial charge in [-0.1, -0.05) is 6.92 Å². The van der Waals surface area contributed by atoms with Gasteiger partial charge in [0, 0.05) is 18.3 Å². The number of thiol groups is 1. The summed E-state index contributed by atoms with van der Waals surface area (Å²) in [4.78, 5) is 2.33. The Morgan fingerprint density at radius 3 is 2.91 bits per heavy atom. The molecule has 0 aromatic heterocycles. The molecule has 0 radical (unpaired) electrons. The summed E-state index contributed by atoms with van der Waals surface area (Å²) in [5.74, 6) is 1.54. The van der Waals surface area contributed by atoms with E-state index in [9.17, 15) is 0 Å². The number of rotatable bonds is 3. The van der Waals surface area contributed by atoms with E-state index in [0.29, 0.717) is 18.6 Å². The zero-order chi connectivity index (χ0) is 8.27. The summed E-state index contributed by atoms with van der Waals surface area (Å²) in [6, 6.07) is 0.391. The molecule has 2 unspecified atom stereocenters. The van der Waals surface area contributed by atoms with Crippen molar-refractivity contribution in [2.45, 2.75) is 19.4 Å². The minimum absolute atomic E-state index is 0.301. The van der Waals surface area contributed by atoms with Gasteiger partial charge < -0.3 is 5.11 Å². The molecular weight excluding hydrogens is 158 g/mol. The second kappa shape index (κ2) is 4.33. The highest BCUT2D eigenvalue weighted by atomic mass is 32.1. The van der Waals surface area contributed by atoms with Crippen LogP contribution in [0.25, 0.3) is 0 Å². The SMILES string of the molecule is CC1CCN(CCS)C1CO. The van der Waals surface area contributed by atoms with E-state index >= 15 is 0 Å². The fourth-order valence-electron chi connectivity index (χ4n) is 1.79. The second-order valence-electron chi connectivity index (χ2n) is 3.28. The summed E-state index contributed by atoms with van der Waals surface area (Å²) in [7, 11) is 0. The summed E-state index contributed by atoms with van der Waals surface area (Å²) in [5.41, 5.74) is 0. The van der Waals surface area contributed by atoms with Crippen LogP contribution in [0.15, 0.2) is 0 Å². The standard InChI is InChI=1S/C8H17NOS/c1-7-2-3-9(4-5-11)8(7)6-10/h7-8,10-11H,2-6H2,1H3. The third-order valence-electron chi connectivity index (χ3n) is 2.57. The van der Waals surface area contributed by atoms with Crippen LogP contribution >= 0.6 is 12.6 Å². The van der Waals surface area contributed by atoms with Crippen molar-refractivity contribution in [2.75, 3.05) is 25.4 Å². The predicted molar refractivity (Wildman–Crippen MR) is 50.1 cm³/mol. The van der Waals surface area contributed by atoms with Gasteiger partial charge in [-0.3, -0.25) is 4.90 Å². The largest absolute Gasteiger partial charge is 0.395 e. The third kappa shape index (κ3) is 2.10. The number of nitrogens with zero attached hydrogens (tertiary/aromatic N) is 1. The van der Waals surface area contributed by atoms with E-state index in [-0.39, 0.29) is 0 Å².